The Labute approximate surface area is 125 Å². The number of nitrogens with zero attached hydrogens (tertiary/aromatic N) is 2. The Morgan fingerprint density at radius 1 is 1.45 bits per heavy atom. The lowest BCUT2D eigenvalue weighted by atomic mass is 10.1. The number of hydrogen-bond donors (Lipinski definition) is 2. The van der Waals surface area contributed by atoms with Gasteiger partial charge in [0.15, 0.2) is 0 Å². The molecule has 2 N–H and O–H groups in total. The van der Waals surface area contributed by atoms with E-state index in [-0.39, 0.29) is 12.1 Å². The van der Waals surface area contributed by atoms with Crippen molar-refractivity contribution in [3.8, 4) is 0 Å². The van der Waals surface area contributed by atoms with Crippen molar-refractivity contribution in [3.05, 3.63) is 28.8 Å². The van der Waals surface area contributed by atoms with Gasteiger partial charge < -0.3 is 20.0 Å². The second-order valence-electron chi connectivity index (χ2n) is 5.84. The van der Waals surface area contributed by atoms with Crippen LogP contribution < -0.4 is 4.90 Å². The summed E-state index contributed by atoms with van der Waals surface area (Å²) in [6.07, 6.45) is -0.0807. The first-order valence-corrected chi connectivity index (χ1v) is 7.33. The van der Waals surface area contributed by atoms with Gasteiger partial charge in [0.2, 0.25) is 0 Å². The highest BCUT2D eigenvalue weighted by atomic mass is 35.5. The molecule has 0 radical (unpaired) electrons. The number of aliphatic hydroxyl groups is 2. The lowest BCUT2D eigenvalue weighted by Gasteiger charge is -2.29. The molecule has 20 heavy (non-hydrogen) atoms. The van der Waals surface area contributed by atoms with Crippen molar-refractivity contribution in [1.29, 1.82) is 0 Å². The van der Waals surface area contributed by atoms with Crippen molar-refractivity contribution < 1.29 is 10.2 Å². The third-order valence-corrected chi connectivity index (χ3v) is 4.03. The molecule has 3 atom stereocenters. The molecule has 0 amide bonds. The second-order valence-corrected chi connectivity index (χ2v) is 6.25. The van der Waals surface area contributed by atoms with Crippen molar-refractivity contribution >= 4 is 17.3 Å². The number of halogens is 1. The number of rotatable bonds is 4. The van der Waals surface area contributed by atoms with Crippen LogP contribution >= 0.6 is 11.6 Å². The van der Waals surface area contributed by atoms with Gasteiger partial charge in [-0.25, -0.2) is 0 Å². The van der Waals surface area contributed by atoms with E-state index >= 15 is 0 Å². The van der Waals surface area contributed by atoms with Gasteiger partial charge in [-0.1, -0.05) is 17.7 Å². The zero-order valence-corrected chi connectivity index (χ0v) is 13.0. The van der Waals surface area contributed by atoms with Gasteiger partial charge in [-0.05, 0) is 45.1 Å². The number of likely N-dealkylation sites (N-methyl/N-ethyl adjacent to an activating group) is 1. The highest BCUT2D eigenvalue weighted by Gasteiger charge is 2.32. The Bertz CT molecular complexity index is 465. The van der Waals surface area contributed by atoms with Crippen molar-refractivity contribution in [2.75, 3.05) is 32.1 Å². The fourth-order valence-corrected chi connectivity index (χ4v) is 3.10. The summed E-state index contributed by atoms with van der Waals surface area (Å²) in [4.78, 5) is 4.28. The smallest absolute Gasteiger partial charge is 0.0762 e. The standard InChI is InChI=1S/C15H23ClN2O2/c1-10(19)11-4-5-15(14(16)6-11)18-9-13(20)7-12(18)8-17(2)3/h4-6,10,12-13,19-20H,7-9H2,1-3H3. The summed E-state index contributed by atoms with van der Waals surface area (Å²) in [6.45, 7) is 3.21. The van der Waals surface area contributed by atoms with Crippen LogP contribution in [-0.2, 0) is 0 Å². The zero-order valence-electron chi connectivity index (χ0n) is 12.3. The van der Waals surface area contributed by atoms with Crippen LogP contribution in [0.3, 0.4) is 0 Å². The molecule has 1 fully saturated rings. The van der Waals surface area contributed by atoms with Gasteiger partial charge in [-0.3, -0.25) is 0 Å². The minimum Gasteiger partial charge on any atom is -0.391 e. The van der Waals surface area contributed by atoms with E-state index in [0.29, 0.717) is 11.6 Å². The summed E-state index contributed by atoms with van der Waals surface area (Å²) in [7, 11) is 4.06. The molecular weight excluding hydrogens is 276 g/mol. The van der Waals surface area contributed by atoms with E-state index in [0.717, 1.165) is 24.2 Å². The number of hydrogen-bond acceptors (Lipinski definition) is 4. The molecule has 0 spiro atoms. The molecule has 0 saturated carbocycles. The minimum atomic E-state index is -0.525. The van der Waals surface area contributed by atoms with Crippen molar-refractivity contribution in [2.45, 2.75) is 31.6 Å². The van der Waals surface area contributed by atoms with Gasteiger partial charge >= 0.3 is 0 Å². The third-order valence-electron chi connectivity index (χ3n) is 3.73. The van der Waals surface area contributed by atoms with Gasteiger partial charge in [0.25, 0.3) is 0 Å². The highest BCUT2D eigenvalue weighted by molar-refractivity contribution is 6.33. The summed E-state index contributed by atoms with van der Waals surface area (Å²) >= 11 is 6.36. The third kappa shape index (κ3) is 3.44. The predicted molar refractivity (Wildman–Crippen MR) is 82.4 cm³/mol. The topological polar surface area (TPSA) is 46.9 Å². The van der Waals surface area contributed by atoms with Crippen molar-refractivity contribution in [2.24, 2.45) is 0 Å². The molecule has 0 aromatic heterocycles. The molecule has 1 saturated heterocycles. The predicted octanol–water partition coefficient (Wildman–Crippen LogP) is 1.89. The quantitative estimate of drug-likeness (QED) is 0.891. The van der Waals surface area contributed by atoms with E-state index in [1.165, 1.54) is 0 Å². The summed E-state index contributed by atoms with van der Waals surface area (Å²) < 4.78 is 0. The fraction of sp³-hybridized carbons (Fsp3) is 0.600. The van der Waals surface area contributed by atoms with E-state index in [1.807, 2.05) is 26.2 Å². The molecule has 2 rings (SSSR count). The van der Waals surface area contributed by atoms with Crippen LogP contribution in [0.25, 0.3) is 0 Å². The average molecular weight is 299 g/mol. The van der Waals surface area contributed by atoms with Gasteiger partial charge in [0, 0.05) is 19.1 Å². The van der Waals surface area contributed by atoms with Gasteiger partial charge in [0.05, 0.1) is 22.9 Å². The maximum Gasteiger partial charge on any atom is 0.0762 e. The van der Waals surface area contributed by atoms with Crippen molar-refractivity contribution in [3.63, 3.8) is 0 Å². The molecule has 4 nitrogen and oxygen atoms in total. The lowest BCUT2D eigenvalue weighted by Crippen LogP contribution is -2.37. The first-order valence-electron chi connectivity index (χ1n) is 6.95. The Hall–Kier alpha value is -0.810. The maximum atomic E-state index is 9.93. The summed E-state index contributed by atoms with van der Waals surface area (Å²) in [5.41, 5.74) is 1.74. The molecule has 1 aliphatic heterocycles. The Morgan fingerprint density at radius 2 is 2.15 bits per heavy atom. The number of aliphatic hydroxyl groups excluding tert-OH is 2. The van der Waals surface area contributed by atoms with E-state index in [4.69, 9.17) is 11.6 Å². The monoisotopic (exact) mass is 298 g/mol. The average Bonchev–Trinajstić information content (AvgIpc) is 2.68. The highest BCUT2D eigenvalue weighted by Crippen LogP contribution is 2.34. The first kappa shape index (κ1) is 15.6. The molecule has 1 heterocycles. The fourth-order valence-electron chi connectivity index (χ4n) is 2.80. The SMILES string of the molecule is CC(O)c1ccc(N2CC(O)CC2CN(C)C)c(Cl)c1. The molecule has 0 bridgehead atoms. The molecule has 1 aromatic rings. The molecule has 0 aliphatic carbocycles. The summed E-state index contributed by atoms with van der Waals surface area (Å²) in [5.74, 6) is 0. The lowest BCUT2D eigenvalue weighted by molar-refractivity contribution is 0.191. The van der Waals surface area contributed by atoms with Crippen LogP contribution in [0.4, 0.5) is 5.69 Å². The number of anilines is 1. The number of β-amino-alcohol motifs (C(OH)–C–C–N with tert-alkyl or cyclic N) is 1. The molecule has 5 heteroatoms. The Kier molecular flexibility index (Phi) is 4.91. The first-order chi connectivity index (χ1) is 9.38. The molecule has 1 aliphatic rings. The van der Waals surface area contributed by atoms with Crippen LogP contribution in [0.5, 0.6) is 0 Å². The van der Waals surface area contributed by atoms with Crippen LogP contribution in [0.15, 0.2) is 18.2 Å². The largest absolute Gasteiger partial charge is 0.391 e. The van der Waals surface area contributed by atoms with Gasteiger partial charge in [-0.15, -0.1) is 0 Å². The summed E-state index contributed by atoms with van der Waals surface area (Å²) in [5, 5.41) is 20.2. The van der Waals surface area contributed by atoms with Gasteiger partial charge in [0.1, 0.15) is 0 Å². The molecular formula is C15H23ClN2O2. The molecule has 1 aromatic carbocycles. The minimum absolute atomic E-state index is 0.259. The zero-order chi connectivity index (χ0) is 14.9. The molecule has 3 unspecified atom stereocenters. The van der Waals surface area contributed by atoms with Crippen LogP contribution in [0, 0.1) is 0 Å². The van der Waals surface area contributed by atoms with Crippen LogP contribution in [0.2, 0.25) is 5.02 Å². The van der Waals surface area contributed by atoms with Crippen LogP contribution in [-0.4, -0.2) is 54.4 Å². The Morgan fingerprint density at radius 3 is 2.70 bits per heavy atom. The second kappa shape index (κ2) is 6.31. The number of benzene rings is 1. The molecule has 112 valence electrons. The van der Waals surface area contributed by atoms with E-state index < -0.39 is 6.10 Å². The van der Waals surface area contributed by atoms with Crippen molar-refractivity contribution in [1.82, 2.24) is 4.90 Å². The maximum absolute atomic E-state index is 9.93. The summed E-state index contributed by atoms with van der Waals surface area (Å²) in [6, 6.07) is 5.89. The normalized spacial score (nSPS) is 24.4. The van der Waals surface area contributed by atoms with E-state index in [1.54, 1.807) is 13.0 Å². The van der Waals surface area contributed by atoms with E-state index in [9.17, 15) is 10.2 Å². The van der Waals surface area contributed by atoms with Crippen LogP contribution in [0.1, 0.15) is 25.0 Å². The van der Waals surface area contributed by atoms with E-state index in [2.05, 4.69) is 9.80 Å². The van der Waals surface area contributed by atoms with Gasteiger partial charge in [-0.2, -0.15) is 0 Å². The Balaban J connectivity index is 2.25.